The first-order chi connectivity index (χ1) is 12.7. The van der Waals surface area contributed by atoms with E-state index in [9.17, 15) is 13.2 Å². The lowest BCUT2D eigenvalue weighted by atomic mass is 10.1. The molecule has 0 atom stereocenters. The van der Waals surface area contributed by atoms with Crippen LogP contribution >= 0.6 is 0 Å². The Morgan fingerprint density at radius 1 is 1.00 bits per heavy atom. The highest BCUT2D eigenvalue weighted by Crippen LogP contribution is 2.26. The van der Waals surface area contributed by atoms with Crippen LogP contribution in [0.5, 0.6) is 0 Å². The predicted molar refractivity (Wildman–Crippen MR) is 107 cm³/mol. The number of sulfonamides is 1. The van der Waals surface area contributed by atoms with E-state index in [1.807, 2.05) is 32.9 Å². The minimum absolute atomic E-state index is 0.0457. The Morgan fingerprint density at radius 2 is 1.63 bits per heavy atom. The van der Waals surface area contributed by atoms with Crippen molar-refractivity contribution in [3.05, 3.63) is 58.1 Å². The number of nitrogens with one attached hydrogen (secondary N) is 2. The predicted octanol–water partition coefficient (Wildman–Crippen LogP) is 3.10. The van der Waals surface area contributed by atoms with Gasteiger partial charge in [0.2, 0.25) is 0 Å². The van der Waals surface area contributed by atoms with Gasteiger partial charge in [0.05, 0.1) is 17.2 Å². The number of hydrogen-bond acceptors (Lipinski definition) is 4. The van der Waals surface area contributed by atoms with Crippen LogP contribution in [-0.4, -0.2) is 34.6 Å². The zero-order chi connectivity index (χ0) is 20.2. The molecule has 0 aliphatic heterocycles. The van der Waals surface area contributed by atoms with Crippen molar-refractivity contribution < 1.29 is 17.9 Å². The van der Waals surface area contributed by atoms with Crippen molar-refractivity contribution in [3.63, 3.8) is 0 Å². The number of carbonyl (C=O) groups excluding carboxylic acids is 1. The minimum Gasteiger partial charge on any atom is -0.383 e. The zero-order valence-corrected chi connectivity index (χ0v) is 17.2. The lowest BCUT2D eigenvalue weighted by Crippen LogP contribution is -2.28. The van der Waals surface area contributed by atoms with Gasteiger partial charge < -0.3 is 10.1 Å². The summed E-state index contributed by atoms with van der Waals surface area (Å²) in [6.45, 7) is 8.20. The van der Waals surface area contributed by atoms with Crippen molar-refractivity contribution in [2.75, 3.05) is 25.0 Å². The number of carbonyl (C=O) groups is 1. The molecule has 2 N–H and O–H groups in total. The maximum atomic E-state index is 12.9. The van der Waals surface area contributed by atoms with Crippen LogP contribution in [0.4, 0.5) is 5.69 Å². The van der Waals surface area contributed by atoms with Crippen molar-refractivity contribution in [1.29, 1.82) is 0 Å². The van der Waals surface area contributed by atoms with Gasteiger partial charge in [-0.1, -0.05) is 23.8 Å². The fraction of sp³-hybridized carbons (Fsp3) is 0.350. The third-order valence-corrected chi connectivity index (χ3v) is 5.62. The van der Waals surface area contributed by atoms with Gasteiger partial charge in [-0.05, 0) is 56.5 Å². The lowest BCUT2D eigenvalue weighted by molar-refractivity contribution is 0.0936. The highest BCUT2D eigenvalue weighted by molar-refractivity contribution is 7.92. The average molecular weight is 391 g/mol. The molecule has 0 radical (unpaired) electrons. The summed E-state index contributed by atoms with van der Waals surface area (Å²) in [4.78, 5) is 12.4. The topological polar surface area (TPSA) is 84.5 Å². The Labute approximate surface area is 161 Å². The molecule has 0 heterocycles. The third-order valence-electron chi connectivity index (χ3n) is 4.27. The van der Waals surface area contributed by atoms with Crippen LogP contribution in [0.3, 0.4) is 0 Å². The van der Waals surface area contributed by atoms with E-state index in [2.05, 4.69) is 10.0 Å². The molecule has 0 saturated carbocycles. The molecular weight excluding hydrogens is 364 g/mol. The van der Waals surface area contributed by atoms with Gasteiger partial charge in [0.15, 0.2) is 0 Å². The van der Waals surface area contributed by atoms with E-state index in [1.54, 1.807) is 20.1 Å². The van der Waals surface area contributed by atoms with Crippen LogP contribution in [-0.2, 0) is 14.8 Å². The minimum atomic E-state index is -3.82. The van der Waals surface area contributed by atoms with Crippen LogP contribution in [0.1, 0.15) is 32.6 Å². The molecule has 2 rings (SSSR count). The number of aryl methyl sites for hydroxylation is 4. The zero-order valence-electron chi connectivity index (χ0n) is 16.3. The quantitative estimate of drug-likeness (QED) is 0.712. The molecule has 0 spiro atoms. The Hall–Kier alpha value is -2.38. The van der Waals surface area contributed by atoms with E-state index in [4.69, 9.17) is 4.74 Å². The van der Waals surface area contributed by atoms with Gasteiger partial charge >= 0.3 is 0 Å². The molecule has 146 valence electrons. The van der Waals surface area contributed by atoms with Gasteiger partial charge in [-0.15, -0.1) is 0 Å². The van der Waals surface area contributed by atoms with Gasteiger partial charge in [-0.3, -0.25) is 9.52 Å². The average Bonchev–Trinajstić information content (AvgIpc) is 2.58. The number of ether oxygens (including phenoxy) is 1. The van der Waals surface area contributed by atoms with E-state index < -0.39 is 10.0 Å². The lowest BCUT2D eigenvalue weighted by Gasteiger charge is -2.15. The first-order valence-electron chi connectivity index (χ1n) is 8.64. The summed E-state index contributed by atoms with van der Waals surface area (Å²) in [5.41, 5.74) is 4.35. The number of rotatable bonds is 7. The van der Waals surface area contributed by atoms with Crippen molar-refractivity contribution >= 4 is 21.6 Å². The van der Waals surface area contributed by atoms with Crippen molar-refractivity contribution in [3.8, 4) is 0 Å². The first kappa shape index (κ1) is 20.9. The maximum Gasteiger partial charge on any atom is 0.261 e. The van der Waals surface area contributed by atoms with Crippen LogP contribution in [0, 0.1) is 27.7 Å². The van der Waals surface area contributed by atoms with Gasteiger partial charge in [-0.25, -0.2) is 8.42 Å². The second-order valence-corrected chi connectivity index (χ2v) is 8.29. The summed E-state index contributed by atoms with van der Waals surface area (Å²) >= 11 is 0. The first-order valence-corrected chi connectivity index (χ1v) is 10.1. The number of methoxy groups -OCH3 is 1. The van der Waals surface area contributed by atoms with Crippen LogP contribution in [0.25, 0.3) is 0 Å². The molecule has 2 aromatic carbocycles. The largest absolute Gasteiger partial charge is 0.383 e. The van der Waals surface area contributed by atoms with Crippen LogP contribution in [0.15, 0.2) is 35.2 Å². The molecule has 2 aromatic rings. The van der Waals surface area contributed by atoms with Crippen molar-refractivity contribution in [2.45, 2.75) is 32.6 Å². The standard InChI is InChI=1S/C20H26N2O4S/c1-13-10-15(3)19(16(4)11-13)22-27(24,25)17-7-6-14(2)18(12-17)20(23)21-8-9-26-5/h6-7,10-12,22H,8-9H2,1-5H3,(H,21,23). The molecule has 0 saturated heterocycles. The molecule has 0 aliphatic carbocycles. The van der Waals surface area contributed by atoms with Gasteiger partial charge in [0.25, 0.3) is 15.9 Å². The second-order valence-electron chi connectivity index (χ2n) is 6.60. The highest BCUT2D eigenvalue weighted by Gasteiger charge is 2.20. The summed E-state index contributed by atoms with van der Waals surface area (Å²) in [7, 11) is -2.28. The van der Waals surface area contributed by atoms with Crippen molar-refractivity contribution in [1.82, 2.24) is 5.32 Å². The highest BCUT2D eigenvalue weighted by atomic mass is 32.2. The monoisotopic (exact) mass is 390 g/mol. The number of hydrogen-bond donors (Lipinski definition) is 2. The normalized spacial score (nSPS) is 11.3. The Balaban J connectivity index is 2.34. The summed E-state index contributed by atoms with van der Waals surface area (Å²) in [6.07, 6.45) is 0. The third kappa shape index (κ3) is 5.08. The molecule has 0 aromatic heterocycles. The summed E-state index contributed by atoms with van der Waals surface area (Å²) < 4.78 is 33.3. The van der Waals surface area contributed by atoms with Gasteiger partial charge in [0, 0.05) is 19.2 Å². The molecule has 27 heavy (non-hydrogen) atoms. The molecule has 0 fully saturated rings. The smallest absolute Gasteiger partial charge is 0.261 e. The number of amides is 1. The molecule has 6 nitrogen and oxygen atoms in total. The van der Waals surface area contributed by atoms with E-state index >= 15 is 0 Å². The second kappa shape index (κ2) is 8.54. The Morgan fingerprint density at radius 3 is 2.22 bits per heavy atom. The molecule has 0 unspecified atom stereocenters. The molecule has 0 aliphatic rings. The molecule has 0 bridgehead atoms. The van der Waals surface area contributed by atoms with E-state index in [0.29, 0.717) is 30.0 Å². The van der Waals surface area contributed by atoms with Crippen LogP contribution < -0.4 is 10.0 Å². The SMILES string of the molecule is COCCNC(=O)c1cc(S(=O)(=O)Nc2c(C)cc(C)cc2C)ccc1C. The Kier molecular flexibility index (Phi) is 6.62. The maximum absolute atomic E-state index is 12.9. The summed E-state index contributed by atoms with van der Waals surface area (Å²) in [5.74, 6) is -0.329. The van der Waals surface area contributed by atoms with E-state index in [-0.39, 0.29) is 10.8 Å². The van der Waals surface area contributed by atoms with E-state index in [0.717, 1.165) is 16.7 Å². The van der Waals surface area contributed by atoms with Gasteiger partial charge in [0.1, 0.15) is 0 Å². The fourth-order valence-electron chi connectivity index (χ4n) is 2.91. The molecule has 1 amide bonds. The van der Waals surface area contributed by atoms with Gasteiger partial charge in [-0.2, -0.15) is 0 Å². The molecule has 7 heteroatoms. The van der Waals surface area contributed by atoms with E-state index in [1.165, 1.54) is 12.1 Å². The fourth-order valence-corrected chi connectivity index (χ4v) is 4.14. The Bertz CT molecular complexity index is 929. The summed E-state index contributed by atoms with van der Waals surface area (Å²) in [6, 6.07) is 8.39. The number of benzene rings is 2. The van der Waals surface area contributed by atoms with Crippen molar-refractivity contribution in [2.24, 2.45) is 0 Å². The summed E-state index contributed by atoms with van der Waals surface area (Å²) in [5, 5.41) is 2.71. The molecular formula is C20H26N2O4S. The number of anilines is 1. The van der Waals surface area contributed by atoms with Crippen LogP contribution in [0.2, 0.25) is 0 Å².